The molecule has 0 spiro atoms. The molecule has 4 rings (SSSR count). The van der Waals surface area contributed by atoms with Crippen molar-refractivity contribution in [2.24, 2.45) is 0 Å². The Bertz CT molecular complexity index is 902. The van der Waals surface area contributed by atoms with Crippen molar-refractivity contribution in [1.82, 2.24) is 20.1 Å². The molecule has 0 radical (unpaired) electrons. The van der Waals surface area contributed by atoms with Crippen molar-refractivity contribution in [1.29, 1.82) is 0 Å². The van der Waals surface area contributed by atoms with Crippen molar-refractivity contribution < 1.29 is 0 Å². The van der Waals surface area contributed by atoms with E-state index in [1.165, 1.54) is 43.4 Å². The van der Waals surface area contributed by atoms with Crippen molar-refractivity contribution in [2.75, 3.05) is 14.1 Å². The first-order valence-corrected chi connectivity index (χ1v) is 10.4. The van der Waals surface area contributed by atoms with E-state index in [1.807, 2.05) is 36.7 Å². The number of benzene rings is 1. The lowest BCUT2D eigenvalue weighted by Gasteiger charge is -2.22. The summed E-state index contributed by atoms with van der Waals surface area (Å²) in [6.45, 7) is 0. The van der Waals surface area contributed by atoms with Crippen molar-refractivity contribution in [3.8, 4) is 22.4 Å². The van der Waals surface area contributed by atoms with E-state index in [-0.39, 0.29) is 0 Å². The second kappa shape index (κ2) is 8.46. The molecule has 0 saturated heterocycles. The number of H-pyrrole nitrogens is 1. The average molecular weight is 395 g/mol. The highest BCUT2D eigenvalue weighted by atomic mass is 35.5. The normalized spacial score (nSPS) is 20.3. The van der Waals surface area contributed by atoms with E-state index < -0.39 is 0 Å². The van der Waals surface area contributed by atoms with E-state index in [0.717, 1.165) is 21.8 Å². The van der Waals surface area contributed by atoms with E-state index in [9.17, 15) is 0 Å². The van der Waals surface area contributed by atoms with Crippen LogP contribution in [-0.4, -0.2) is 40.2 Å². The van der Waals surface area contributed by atoms with Gasteiger partial charge in [0.1, 0.15) is 5.69 Å². The predicted molar refractivity (Wildman–Crippen MR) is 116 cm³/mol. The van der Waals surface area contributed by atoms with Gasteiger partial charge in [-0.15, -0.1) is 0 Å². The molecule has 5 heteroatoms. The summed E-state index contributed by atoms with van der Waals surface area (Å²) in [7, 11) is 4.39. The zero-order valence-corrected chi connectivity index (χ0v) is 17.3. The second-order valence-electron chi connectivity index (χ2n) is 7.93. The first-order valence-electron chi connectivity index (χ1n) is 10.0. The van der Waals surface area contributed by atoms with Crippen LogP contribution in [0.1, 0.15) is 43.7 Å². The predicted octanol–water partition coefficient (Wildman–Crippen LogP) is 5.77. The van der Waals surface area contributed by atoms with Crippen LogP contribution >= 0.6 is 11.6 Å². The lowest BCUT2D eigenvalue weighted by atomic mass is 9.89. The third-order valence-corrected chi connectivity index (χ3v) is 6.21. The minimum atomic E-state index is 0.502. The summed E-state index contributed by atoms with van der Waals surface area (Å²) in [5.74, 6) is 0.502. The Hall–Kier alpha value is -2.17. The van der Waals surface area contributed by atoms with Gasteiger partial charge in [0.2, 0.25) is 0 Å². The van der Waals surface area contributed by atoms with Crippen molar-refractivity contribution in [3.05, 3.63) is 59.5 Å². The standard InChI is InChI=1S/C23H27ClN4/c1-28(2)20-5-3-4-17(8-11-20)22-21(16-12-14-25-15-13-16)23(27-26-22)18-6-9-19(24)10-7-18/h6-7,9-10,12-15,17,20H,3-5,8,11H2,1-2H3,(H,26,27)/t17?,20-/m0/s1. The largest absolute Gasteiger partial charge is 0.306 e. The summed E-state index contributed by atoms with van der Waals surface area (Å²) in [5, 5.41) is 8.90. The fourth-order valence-corrected chi connectivity index (χ4v) is 4.49. The summed E-state index contributed by atoms with van der Waals surface area (Å²) in [4.78, 5) is 6.58. The van der Waals surface area contributed by atoms with Crippen LogP contribution in [0.15, 0.2) is 48.8 Å². The summed E-state index contributed by atoms with van der Waals surface area (Å²) in [6, 6.07) is 12.8. The van der Waals surface area contributed by atoms with E-state index in [2.05, 4.69) is 41.2 Å². The molecular formula is C23H27ClN4. The zero-order chi connectivity index (χ0) is 19.5. The molecule has 1 aliphatic carbocycles. The minimum Gasteiger partial charge on any atom is -0.306 e. The van der Waals surface area contributed by atoms with Crippen LogP contribution in [0.2, 0.25) is 5.02 Å². The van der Waals surface area contributed by atoms with Crippen LogP contribution in [0.25, 0.3) is 22.4 Å². The van der Waals surface area contributed by atoms with E-state index in [4.69, 9.17) is 16.7 Å². The zero-order valence-electron chi connectivity index (χ0n) is 16.5. The Morgan fingerprint density at radius 3 is 2.39 bits per heavy atom. The molecule has 0 bridgehead atoms. The smallest absolute Gasteiger partial charge is 0.100 e. The van der Waals surface area contributed by atoms with Gasteiger partial charge in [-0.2, -0.15) is 5.10 Å². The van der Waals surface area contributed by atoms with E-state index in [0.29, 0.717) is 12.0 Å². The molecule has 4 nitrogen and oxygen atoms in total. The molecule has 1 aliphatic rings. The van der Waals surface area contributed by atoms with Gasteiger partial charge in [0.05, 0.1) is 0 Å². The SMILES string of the molecule is CN(C)[C@H]1CCCC(c2[nH]nc(-c3ccc(Cl)cc3)c2-c2ccncc2)CC1. The minimum absolute atomic E-state index is 0.502. The molecule has 28 heavy (non-hydrogen) atoms. The molecule has 2 heterocycles. The summed E-state index contributed by atoms with van der Waals surface area (Å²) >= 11 is 6.10. The van der Waals surface area contributed by atoms with Crippen LogP contribution in [0.4, 0.5) is 0 Å². The highest BCUT2D eigenvalue weighted by Crippen LogP contribution is 2.41. The molecule has 146 valence electrons. The van der Waals surface area contributed by atoms with Crippen LogP contribution in [0.5, 0.6) is 0 Å². The second-order valence-corrected chi connectivity index (χ2v) is 8.36. The molecule has 2 aromatic heterocycles. The molecule has 0 amide bonds. The highest BCUT2D eigenvalue weighted by molar-refractivity contribution is 6.30. The number of rotatable bonds is 4. The monoisotopic (exact) mass is 394 g/mol. The maximum atomic E-state index is 6.10. The quantitative estimate of drug-likeness (QED) is 0.571. The van der Waals surface area contributed by atoms with Gasteiger partial charge in [0.15, 0.2) is 0 Å². The van der Waals surface area contributed by atoms with Crippen LogP contribution in [0.3, 0.4) is 0 Å². The van der Waals surface area contributed by atoms with Gasteiger partial charge in [-0.1, -0.05) is 30.2 Å². The molecule has 1 aromatic carbocycles. The molecule has 3 aromatic rings. The van der Waals surface area contributed by atoms with E-state index >= 15 is 0 Å². The van der Waals surface area contributed by atoms with Gasteiger partial charge in [-0.05, 0) is 69.6 Å². The number of nitrogens with one attached hydrogen (secondary N) is 1. The summed E-state index contributed by atoms with van der Waals surface area (Å²) < 4.78 is 0. The van der Waals surface area contributed by atoms with Crippen molar-refractivity contribution in [2.45, 2.75) is 44.1 Å². The number of halogens is 1. The number of nitrogens with zero attached hydrogens (tertiary/aromatic N) is 3. The summed E-state index contributed by atoms with van der Waals surface area (Å²) in [6.07, 6.45) is 9.83. The highest BCUT2D eigenvalue weighted by Gasteiger charge is 2.27. The third-order valence-electron chi connectivity index (χ3n) is 5.96. The number of aromatic nitrogens is 3. The van der Waals surface area contributed by atoms with Crippen molar-refractivity contribution in [3.63, 3.8) is 0 Å². The molecule has 1 unspecified atom stereocenters. The Balaban J connectivity index is 1.74. The molecular weight excluding hydrogens is 368 g/mol. The first-order chi connectivity index (χ1) is 13.6. The Morgan fingerprint density at radius 1 is 0.929 bits per heavy atom. The Kier molecular flexibility index (Phi) is 5.79. The maximum absolute atomic E-state index is 6.10. The average Bonchev–Trinajstić information content (AvgIpc) is 2.99. The fourth-order valence-electron chi connectivity index (χ4n) is 4.37. The molecule has 0 aliphatic heterocycles. The third kappa shape index (κ3) is 3.98. The lowest BCUT2D eigenvalue weighted by Crippen LogP contribution is -2.26. The van der Waals surface area contributed by atoms with Gasteiger partial charge < -0.3 is 4.90 Å². The van der Waals surface area contributed by atoms with Gasteiger partial charge in [0, 0.05) is 46.2 Å². The number of hydrogen-bond donors (Lipinski definition) is 1. The van der Waals surface area contributed by atoms with Crippen LogP contribution in [0, 0.1) is 0 Å². The lowest BCUT2D eigenvalue weighted by molar-refractivity contribution is 0.266. The van der Waals surface area contributed by atoms with Crippen LogP contribution in [-0.2, 0) is 0 Å². The fraction of sp³-hybridized carbons (Fsp3) is 0.391. The number of pyridine rings is 1. The van der Waals surface area contributed by atoms with Gasteiger partial charge in [0.25, 0.3) is 0 Å². The van der Waals surface area contributed by atoms with Gasteiger partial charge >= 0.3 is 0 Å². The van der Waals surface area contributed by atoms with Crippen molar-refractivity contribution >= 4 is 11.6 Å². The molecule has 2 atom stereocenters. The van der Waals surface area contributed by atoms with Crippen LogP contribution < -0.4 is 0 Å². The topological polar surface area (TPSA) is 44.8 Å². The number of aromatic amines is 1. The molecule has 1 fully saturated rings. The first kappa shape index (κ1) is 19.2. The molecule has 1 saturated carbocycles. The van der Waals surface area contributed by atoms with Gasteiger partial charge in [-0.3, -0.25) is 10.1 Å². The summed E-state index contributed by atoms with van der Waals surface area (Å²) in [5.41, 5.74) is 5.70. The maximum Gasteiger partial charge on any atom is 0.100 e. The van der Waals surface area contributed by atoms with Gasteiger partial charge in [-0.25, -0.2) is 0 Å². The Morgan fingerprint density at radius 2 is 1.68 bits per heavy atom. The Labute approximate surface area is 172 Å². The van der Waals surface area contributed by atoms with E-state index in [1.54, 1.807) is 0 Å². The molecule has 1 N–H and O–H groups in total. The number of hydrogen-bond acceptors (Lipinski definition) is 3.